The zero-order valence-corrected chi connectivity index (χ0v) is 30.6. The van der Waals surface area contributed by atoms with E-state index in [1.165, 1.54) is 64.3 Å². The van der Waals surface area contributed by atoms with Gasteiger partial charge >= 0.3 is 0 Å². The van der Waals surface area contributed by atoms with E-state index in [0.29, 0.717) is 0 Å². The van der Waals surface area contributed by atoms with Crippen LogP contribution in [0.1, 0.15) is 0 Å². The molecule has 0 unspecified atom stereocenters. The van der Waals surface area contributed by atoms with E-state index >= 15 is 0 Å². The molecule has 0 N–H and O–H groups in total. The number of benzene rings is 9. The van der Waals surface area contributed by atoms with E-state index in [1.54, 1.807) is 0 Å². The summed E-state index contributed by atoms with van der Waals surface area (Å²) in [6.07, 6.45) is 0. The Kier molecular flexibility index (Phi) is 7.39. The standard InChI is InChI=1S/C52H33NOS/c1-2-10-38-31-39(22-21-34(38)9-1)37-19-17-35(18-20-37)36-23-26-41(27-24-36)53(42-28-30-50-47(33-42)44-12-4-7-15-49(44)54-50)48-14-6-3-11-43(48)40-25-29-46-45-13-5-8-16-51(45)55-52(46)32-40/h1-33H. The van der Waals surface area contributed by atoms with E-state index in [4.69, 9.17) is 4.42 Å². The number of para-hydroxylation sites is 2. The van der Waals surface area contributed by atoms with Gasteiger partial charge in [0.25, 0.3) is 0 Å². The van der Waals surface area contributed by atoms with Crippen molar-refractivity contribution in [2.75, 3.05) is 4.90 Å². The quantitative estimate of drug-likeness (QED) is 0.170. The second-order valence-corrected chi connectivity index (χ2v) is 15.2. The van der Waals surface area contributed by atoms with Gasteiger partial charge in [-0.05, 0) is 99.3 Å². The SMILES string of the molecule is c1ccc(N(c2ccc(-c3ccc(-c4ccc5ccccc5c4)cc3)cc2)c2ccc3oc4ccccc4c3c2)c(-c2ccc3c(c2)sc2ccccc23)c1. The number of fused-ring (bicyclic) bond motifs is 7. The third-order valence-electron chi connectivity index (χ3n) is 10.9. The van der Waals surface area contributed by atoms with Gasteiger partial charge in [0.05, 0.1) is 5.69 Å². The second kappa shape index (κ2) is 12.9. The molecule has 0 aliphatic rings. The first kappa shape index (κ1) is 31.6. The summed E-state index contributed by atoms with van der Waals surface area (Å²) in [5.74, 6) is 0. The Morgan fingerprint density at radius 1 is 0.345 bits per heavy atom. The molecule has 0 radical (unpaired) electrons. The highest BCUT2D eigenvalue weighted by molar-refractivity contribution is 7.25. The normalized spacial score (nSPS) is 11.6. The molecule has 0 saturated carbocycles. The molecule has 2 aromatic heterocycles. The third-order valence-corrected chi connectivity index (χ3v) is 12.0. The van der Waals surface area contributed by atoms with Crippen LogP contribution in [0.2, 0.25) is 0 Å². The lowest BCUT2D eigenvalue weighted by Gasteiger charge is -2.28. The van der Waals surface area contributed by atoms with Crippen molar-refractivity contribution in [1.29, 1.82) is 0 Å². The molecule has 2 nitrogen and oxygen atoms in total. The van der Waals surface area contributed by atoms with Crippen LogP contribution < -0.4 is 4.90 Å². The monoisotopic (exact) mass is 719 g/mol. The lowest BCUT2D eigenvalue weighted by molar-refractivity contribution is 0.669. The van der Waals surface area contributed by atoms with Crippen molar-refractivity contribution in [3.05, 3.63) is 200 Å². The van der Waals surface area contributed by atoms with E-state index in [9.17, 15) is 0 Å². The molecular formula is C52H33NOS. The van der Waals surface area contributed by atoms with Gasteiger partial charge in [0.15, 0.2) is 0 Å². The van der Waals surface area contributed by atoms with Crippen molar-refractivity contribution in [2.45, 2.75) is 0 Å². The molecule has 258 valence electrons. The van der Waals surface area contributed by atoms with Crippen LogP contribution in [0.5, 0.6) is 0 Å². The molecule has 11 rings (SSSR count). The molecule has 0 bridgehead atoms. The Labute approximate surface area is 322 Å². The minimum atomic E-state index is 0.885. The van der Waals surface area contributed by atoms with Gasteiger partial charge in [-0.25, -0.2) is 0 Å². The molecule has 0 fully saturated rings. The summed E-state index contributed by atoms with van der Waals surface area (Å²) >= 11 is 1.86. The first-order valence-corrected chi connectivity index (χ1v) is 19.5. The predicted octanol–water partition coefficient (Wildman–Crippen LogP) is 15.6. The number of rotatable bonds is 6. The Morgan fingerprint density at radius 3 is 1.80 bits per heavy atom. The maximum Gasteiger partial charge on any atom is 0.135 e. The predicted molar refractivity (Wildman–Crippen MR) is 235 cm³/mol. The van der Waals surface area contributed by atoms with E-state index in [1.807, 2.05) is 23.5 Å². The number of furan rings is 1. The molecule has 0 spiro atoms. The number of thiophene rings is 1. The molecule has 0 atom stereocenters. The summed E-state index contributed by atoms with van der Waals surface area (Å²) in [6.45, 7) is 0. The van der Waals surface area contributed by atoms with Gasteiger partial charge in [-0.15, -0.1) is 11.3 Å². The van der Waals surface area contributed by atoms with Crippen molar-refractivity contribution in [3.63, 3.8) is 0 Å². The topological polar surface area (TPSA) is 16.4 Å². The zero-order chi connectivity index (χ0) is 36.3. The summed E-state index contributed by atoms with van der Waals surface area (Å²) < 4.78 is 8.87. The van der Waals surface area contributed by atoms with Crippen molar-refractivity contribution < 1.29 is 4.42 Å². The molecule has 0 aliphatic heterocycles. The van der Waals surface area contributed by atoms with Gasteiger partial charge in [0, 0.05) is 47.9 Å². The van der Waals surface area contributed by atoms with E-state index in [2.05, 4.69) is 193 Å². The van der Waals surface area contributed by atoms with Crippen molar-refractivity contribution >= 4 is 81.3 Å². The molecule has 55 heavy (non-hydrogen) atoms. The molecule has 2 heterocycles. The van der Waals surface area contributed by atoms with Crippen LogP contribution in [0.3, 0.4) is 0 Å². The zero-order valence-electron chi connectivity index (χ0n) is 29.8. The fraction of sp³-hybridized carbons (Fsp3) is 0. The fourth-order valence-electron chi connectivity index (χ4n) is 8.11. The van der Waals surface area contributed by atoms with Crippen LogP contribution in [0.25, 0.3) is 86.3 Å². The Morgan fingerprint density at radius 2 is 0.945 bits per heavy atom. The smallest absolute Gasteiger partial charge is 0.135 e. The van der Waals surface area contributed by atoms with Crippen LogP contribution in [-0.4, -0.2) is 0 Å². The van der Waals surface area contributed by atoms with Gasteiger partial charge < -0.3 is 9.32 Å². The number of hydrogen-bond acceptors (Lipinski definition) is 3. The molecule has 0 amide bonds. The second-order valence-electron chi connectivity index (χ2n) is 14.1. The number of nitrogens with zero attached hydrogens (tertiary/aromatic N) is 1. The largest absolute Gasteiger partial charge is 0.456 e. The van der Waals surface area contributed by atoms with Crippen LogP contribution in [0, 0.1) is 0 Å². The third kappa shape index (κ3) is 5.48. The molecule has 9 aromatic carbocycles. The van der Waals surface area contributed by atoms with Gasteiger partial charge in [-0.1, -0.05) is 140 Å². The highest BCUT2D eigenvalue weighted by Gasteiger charge is 2.20. The highest BCUT2D eigenvalue weighted by Crippen LogP contribution is 2.45. The van der Waals surface area contributed by atoms with Gasteiger partial charge in [0.1, 0.15) is 11.2 Å². The minimum absolute atomic E-state index is 0.885. The summed E-state index contributed by atoms with van der Waals surface area (Å²) in [7, 11) is 0. The van der Waals surface area contributed by atoms with Crippen molar-refractivity contribution in [1.82, 2.24) is 0 Å². The first-order chi connectivity index (χ1) is 27.2. The average molecular weight is 720 g/mol. The molecule has 11 aromatic rings. The number of anilines is 3. The van der Waals surface area contributed by atoms with Gasteiger partial charge in [-0.3, -0.25) is 0 Å². The summed E-state index contributed by atoms with van der Waals surface area (Å²) in [5, 5.41) is 7.35. The Hall–Kier alpha value is -6.94. The lowest BCUT2D eigenvalue weighted by Crippen LogP contribution is -2.11. The minimum Gasteiger partial charge on any atom is -0.456 e. The molecular weight excluding hydrogens is 687 g/mol. The lowest BCUT2D eigenvalue weighted by atomic mass is 9.98. The van der Waals surface area contributed by atoms with Crippen molar-refractivity contribution in [3.8, 4) is 33.4 Å². The van der Waals surface area contributed by atoms with Crippen LogP contribution in [0.15, 0.2) is 205 Å². The summed E-state index contributed by atoms with van der Waals surface area (Å²) in [5.41, 5.74) is 12.2. The summed E-state index contributed by atoms with van der Waals surface area (Å²) in [6, 6.07) is 72.3. The summed E-state index contributed by atoms with van der Waals surface area (Å²) in [4.78, 5) is 2.39. The first-order valence-electron chi connectivity index (χ1n) is 18.7. The van der Waals surface area contributed by atoms with Gasteiger partial charge in [-0.2, -0.15) is 0 Å². The van der Waals surface area contributed by atoms with Crippen molar-refractivity contribution in [2.24, 2.45) is 0 Å². The maximum atomic E-state index is 6.26. The highest BCUT2D eigenvalue weighted by atomic mass is 32.1. The van der Waals surface area contributed by atoms with E-state index in [0.717, 1.165) is 39.0 Å². The van der Waals surface area contributed by atoms with Gasteiger partial charge in [0.2, 0.25) is 0 Å². The average Bonchev–Trinajstić information content (AvgIpc) is 3.82. The Bertz CT molecular complexity index is 3210. The number of hydrogen-bond donors (Lipinski definition) is 0. The molecule has 0 saturated heterocycles. The molecule has 0 aliphatic carbocycles. The van der Waals surface area contributed by atoms with E-state index in [-0.39, 0.29) is 0 Å². The van der Waals surface area contributed by atoms with E-state index < -0.39 is 0 Å². The van der Waals surface area contributed by atoms with Crippen LogP contribution >= 0.6 is 11.3 Å². The van der Waals surface area contributed by atoms with Crippen LogP contribution in [-0.2, 0) is 0 Å². The fourth-order valence-corrected chi connectivity index (χ4v) is 9.26. The maximum absolute atomic E-state index is 6.26. The molecule has 3 heteroatoms. The van der Waals surface area contributed by atoms with Crippen LogP contribution in [0.4, 0.5) is 17.1 Å². The Balaban J connectivity index is 1.01.